The van der Waals surface area contributed by atoms with E-state index in [9.17, 15) is 14.8 Å². The van der Waals surface area contributed by atoms with Crippen molar-refractivity contribution >= 4 is 16.5 Å². The van der Waals surface area contributed by atoms with Crippen LogP contribution in [0.15, 0.2) is 34.2 Å². The monoisotopic (exact) mass is 204 g/mol. The number of benzene rings is 1. The summed E-state index contributed by atoms with van der Waals surface area (Å²) in [5.41, 5.74) is -0.771. The summed E-state index contributed by atoms with van der Waals surface area (Å²) in [7, 11) is 1.39. The molecule has 0 aliphatic carbocycles. The summed E-state index contributed by atoms with van der Waals surface area (Å²) in [5, 5.41) is 13.2. The lowest BCUT2D eigenvalue weighted by atomic mass is 10.1. The Morgan fingerprint density at radius 3 is 2.47 bits per heavy atom. The van der Waals surface area contributed by atoms with Gasteiger partial charge in [0.2, 0.25) is 5.88 Å². The number of hydrogen-bond donors (Lipinski definition) is 1. The minimum Gasteiger partial charge on any atom is -0.494 e. The van der Waals surface area contributed by atoms with Crippen LogP contribution >= 0.6 is 0 Å². The van der Waals surface area contributed by atoms with Crippen molar-refractivity contribution in [2.24, 2.45) is 12.2 Å². The lowest BCUT2D eigenvalue weighted by molar-refractivity contribution is 0.431. The number of nitroso groups, excluding NO2 is 1. The minimum atomic E-state index is -0.596. The first kappa shape index (κ1) is 9.39. The van der Waals surface area contributed by atoms with Gasteiger partial charge < -0.3 is 5.11 Å². The zero-order valence-electron chi connectivity index (χ0n) is 7.97. The van der Waals surface area contributed by atoms with Gasteiger partial charge in [-0.15, -0.1) is 4.91 Å². The highest BCUT2D eigenvalue weighted by Gasteiger charge is 2.13. The fourth-order valence-electron chi connectivity index (χ4n) is 1.52. The van der Waals surface area contributed by atoms with E-state index in [1.54, 1.807) is 24.3 Å². The van der Waals surface area contributed by atoms with Gasteiger partial charge in [0.15, 0.2) is 5.69 Å². The van der Waals surface area contributed by atoms with Crippen LogP contribution < -0.4 is 5.56 Å². The van der Waals surface area contributed by atoms with Gasteiger partial charge in [-0.2, -0.15) is 0 Å². The predicted molar refractivity (Wildman–Crippen MR) is 56.3 cm³/mol. The maximum atomic E-state index is 11.5. The normalized spacial score (nSPS) is 10.5. The van der Waals surface area contributed by atoms with Gasteiger partial charge in [-0.3, -0.25) is 9.36 Å². The van der Waals surface area contributed by atoms with Crippen molar-refractivity contribution < 1.29 is 5.11 Å². The molecule has 0 bridgehead atoms. The molecule has 1 heterocycles. The Kier molecular flexibility index (Phi) is 2.00. The minimum absolute atomic E-state index is 0.164. The van der Waals surface area contributed by atoms with Gasteiger partial charge in [-0.05, 0) is 11.2 Å². The van der Waals surface area contributed by atoms with Crippen molar-refractivity contribution in [3.63, 3.8) is 0 Å². The second kappa shape index (κ2) is 3.20. The van der Waals surface area contributed by atoms with E-state index in [0.717, 1.165) is 4.57 Å². The molecule has 5 nitrogen and oxygen atoms in total. The highest BCUT2D eigenvalue weighted by molar-refractivity contribution is 5.95. The standard InChI is InChI=1S/C10H8N2O3/c1-12-9(13)7-5-3-2-4-6(7)8(11-15)10(12)14/h2-5,13H,1H3. The molecule has 0 spiro atoms. The van der Waals surface area contributed by atoms with Crippen LogP contribution in [0, 0.1) is 4.91 Å². The molecular weight excluding hydrogens is 196 g/mol. The second-order valence-corrected chi connectivity index (χ2v) is 3.17. The number of fused-ring (bicyclic) bond motifs is 1. The number of aromatic hydroxyl groups is 1. The second-order valence-electron chi connectivity index (χ2n) is 3.17. The number of pyridine rings is 1. The molecule has 0 radical (unpaired) electrons. The fourth-order valence-corrected chi connectivity index (χ4v) is 1.52. The molecule has 0 aliphatic heterocycles. The van der Waals surface area contributed by atoms with Crippen LogP contribution in [-0.4, -0.2) is 9.67 Å². The van der Waals surface area contributed by atoms with E-state index in [2.05, 4.69) is 5.18 Å². The first-order valence-electron chi connectivity index (χ1n) is 4.31. The van der Waals surface area contributed by atoms with Crippen LogP contribution in [0.5, 0.6) is 5.88 Å². The smallest absolute Gasteiger partial charge is 0.283 e. The third-order valence-corrected chi connectivity index (χ3v) is 2.34. The van der Waals surface area contributed by atoms with E-state index < -0.39 is 5.56 Å². The van der Waals surface area contributed by atoms with Crippen molar-refractivity contribution in [2.75, 3.05) is 0 Å². The van der Waals surface area contributed by atoms with Gasteiger partial charge in [0.05, 0.1) is 0 Å². The molecule has 1 aromatic carbocycles. The summed E-state index contributed by atoms with van der Waals surface area (Å²) >= 11 is 0. The van der Waals surface area contributed by atoms with E-state index in [4.69, 9.17) is 0 Å². The highest BCUT2D eigenvalue weighted by atomic mass is 16.3. The van der Waals surface area contributed by atoms with Crippen LogP contribution in [0.25, 0.3) is 10.8 Å². The lowest BCUT2D eigenvalue weighted by Gasteiger charge is -2.06. The summed E-state index contributed by atoms with van der Waals surface area (Å²) in [6.07, 6.45) is 0. The zero-order chi connectivity index (χ0) is 11.0. The molecule has 1 aromatic heterocycles. The predicted octanol–water partition coefficient (Wildman–Crippen LogP) is 1.64. The Bertz CT molecular complexity index is 601. The average molecular weight is 204 g/mol. The lowest BCUT2D eigenvalue weighted by Crippen LogP contribution is -2.16. The Morgan fingerprint density at radius 1 is 1.27 bits per heavy atom. The molecule has 5 heteroatoms. The van der Waals surface area contributed by atoms with E-state index in [0.29, 0.717) is 10.8 Å². The summed E-state index contributed by atoms with van der Waals surface area (Å²) in [4.78, 5) is 22.1. The highest BCUT2D eigenvalue weighted by Crippen LogP contribution is 2.28. The van der Waals surface area contributed by atoms with Gasteiger partial charge in [-0.1, -0.05) is 18.2 Å². The molecule has 0 fully saturated rings. The van der Waals surface area contributed by atoms with E-state index in [-0.39, 0.29) is 11.6 Å². The molecular formula is C10H8N2O3. The van der Waals surface area contributed by atoms with E-state index >= 15 is 0 Å². The molecule has 0 unspecified atom stereocenters. The van der Waals surface area contributed by atoms with Crippen molar-refractivity contribution in [3.05, 3.63) is 39.5 Å². The van der Waals surface area contributed by atoms with Gasteiger partial charge >= 0.3 is 0 Å². The number of hydrogen-bond acceptors (Lipinski definition) is 4. The average Bonchev–Trinajstić information content (AvgIpc) is 2.27. The summed E-state index contributed by atoms with van der Waals surface area (Å²) in [6, 6.07) is 6.59. The molecule has 1 N–H and O–H groups in total. The van der Waals surface area contributed by atoms with Crippen LogP contribution in [0.4, 0.5) is 5.69 Å². The van der Waals surface area contributed by atoms with Gasteiger partial charge in [0.1, 0.15) is 0 Å². The molecule has 0 aliphatic rings. The summed E-state index contributed by atoms with van der Waals surface area (Å²) in [5.74, 6) is -0.164. The Morgan fingerprint density at radius 2 is 1.87 bits per heavy atom. The van der Waals surface area contributed by atoms with Crippen molar-refractivity contribution in [1.29, 1.82) is 0 Å². The van der Waals surface area contributed by atoms with Crippen LogP contribution in [0.1, 0.15) is 0 Å². The maximum absolute atomic E-state index is 11.5. The molecule has 2 aromatic rings. The molecule has 0 saturated heterocycles. The van der Waals surface area contributed by atoms with Crippen molar-refractivity contribution in [3.8, 4) is 5.88 Å². The first-order valence-corrected chi connectivity index (χ1v) is 4.31. The third kappa shape index (κ3) is 1.20. The van der Waals surface area contributed by atoms with Gasteiger partial charge in [-0.25, -0.2) is 0 Å². The Labute approximate surface area is 84.6 Å². The van der Waals surface area contributed by atoms with Crippen LogP contribution in [0.3, 0.4) is 0 Å². The largest absolute Gasteiger partial charge is 0.494 e. The molecule has 2 rings (SSSR count). The molecule has 76 valence electrons. The third-order valence-electron chi connectivity index (χ3n) is 2.34. The van der Waals surface area contributed by atoms with Crippen molar-refractivity contribution in [1.82, 2.24) is 4.57 Å². The number of aromatic nitrogens is 1. The molecule has 15 heavy (non-hydrogen) atoms. The van der Waals surface area contributed by atoms with Crippen LogP contribution in [0.2, 0.25) is 0 Å². The Hall–Kier alpha value is -2.17. The summed E-state index contributed by atoms with van der Waals surface area (Å²) in [6.45, 7) is 0. The van der Waals surface area contributed by atoms with Gasteiger partial charge in [0.25, 0.3) is 5.56 Å². The van der Waals surface area contributed by atoms with E-state index in [1.165, 1.54) is 7.05 Å². The van der Waals surface area contributed by atoms with Crippen LogP contribution in [-0.2, 0) is 7.05 Å². The topological polar surface area (TPSA) is 71.7 Å². The maximum Gasteiger partial charge on any atom is 0.283 e. The summed E-state index contributed by atoms with van der Waals surface area (Å²) < 4.78 is 0.999. The number of rotatable bonds is 1. The van der Waals surface area contributed by atoms with Crippen molar-refractivity contribution in [2.45, 2.75) is 0 Å². The fraction of sp³-hybridized carbons (Fsp3) is 0.100. The van der Waals surface area contributed by atoms with E-state index in [1.807, 2.05) is 0 Å². The number of nitrogens with zero attached hydrogens (tertiary/aromatic N) is 2. The Balaban J connectivity index is 3.11. The molecule has 0 saturated carbocycles. The molecule has 0 amide bonds. The molecule has 0 atom stereocenters. The zero-order valence-corrected chi connectivity index (χ0v) is 7.97. The SMILES string of the molecule is Cn1c(O)c2ccccc2c(N=O)c1=O. The van der Waals surface area contributed by atoms with Gasteiger partial charge in [0, 0.05) is 17.8 Å². The quantitative estimate of drug-likeness (QED) is 0.717. The first-order chi connectivity index (χ1) is 7.16.